The lowest BCUT2D eigenvalue weighted by Crippen LogP contribution is -2.59. The molecule has 3 N–H and O–H groups in total. The molecule has 1 saturated heterocycles. The number of nitrogens with zero attached hydrogens (tertiary/aromatic N) is 1. The van der Waals surface area contributed by atoms with Gasteiger partial charge in [0.15, 0.2) is 0 Å². The molecule has 18 heavy (non-hydrogen) atoms. The van der Waals surface area contributed by atoms with Crippen LogP contribution < -0.4 is 10.5 Å². The first-order valence-electron chi connectivity index (χ1n) is 6.48. The summed E-state index contributed by atoms with van der Waals surface area (Å²) in [6, 6.07) is 0. The van der Waals surface area contributed by atoms with Crippen LogP contribution in [0.2, 0.25) is 0 Å². The van der Waals surface area contributed by atoms with Crippen molar-refractivity contribution in [3.63, 3.8) is 0 Å². The molecule has 108 valence electrons. The number of hydrogen-bond donors (Lipinski definition) is 2. The van der Waals surface area contributed by atoms with Crippen molar-refractivity contribution >= 4 is 10.0 Å². The van der Waals surface area contributed by atoms with Gasteiger partial charge in [-0.1, -0.05) is 20.8 Å². The number of sulfonamides is 1. The van der Waals surface area contributed by atoms with E-state index in [9.17, 15) is 8.42 Å². The number of piperidine rings is 1. The zero-order valence-electron chi connectivity index (χ0n) is 12.0. The van der Waals surface area contributed by atoms with Crippen LogP contribution in [0.15, 0.2) is 0 Å². The highest BCUT2D eigenvalue weighted by molar-refractivity contribution is 7.89. The SMILES string of the molecule is CN1CCC(CN)(NS(=O)(=O)CC(C)(C)C)CC1. The van der Waals surface area contributed by atoms with E-state index < -0.39 is 15.6 Å². The van der Waals surface area contributed by atoms with E-state index in [1.54, 1.807) is 0 Å². The number of nitrogens with one attached hydrogen (secondary N) is 1. The molecule has 0 bridgehead atoms. The van der Waals surface area contributed by atoms with E-state index in [0.29, 0.717) is 6.54 Å². The predicted molar refractivity (Wildman–Crippen MR) is 74.9 cm³/mol. The number of nitrogens with two attached hydrogens (primary N) is 1. The predicted octanol–water partition coefficient (Wildman–Crippen LogP) is 0.375. The Morgan fingerprint density at radius 1 is 1.28 bits per heavy atom. The maximum absolute atomic E-state index is 12.2. The van der Waals surface area contributed by atoms with E-state index in [0.717, 1.165) is 25.9 Å². The fourth-order valence-electron chi connectivity index (χ4n) is 2.33. The van der Waals surface area contributed by atoms with Gasteiger partial charge < -0.3 is 10.6 Å². The largest absolute Gasteiger partial charge is 0.329 e. The summed E-state index contributed by atoms with van der Waals surface area (Å²) in [6.07, 6.45) is 1.56. The monoisotopic (exact) mass is 277 g/mol. The first-order chi connectivity index (χ1) is 8.08. The van der Waals surface area contributed by atoms with Crippen molar-refractivity contribution in [1.29, 1.82) is 0 Å². The van der Waals surface area contributed by atoms with Crippen LogP contribution in [-0.4, -0.2) is 51.3 Å². The first kappa shape index (κ1) is 15.9. The Bertz CT molecular complexity index is 365. The summed E-state index contributed by atoms with van der Waals surface area (Å²) in [6.45, 7) is 7.91. The van der Waals surface area contributed by atoms with Gasteiger partial charge in [0.1, 0.15) is 0 Å². The number of hydrogen-bond acceptors (Lipinski definition) is 4. The maximum Gasteiger partial charge on any atom is 0.212 e. The van der Waals surface area contributed by atoms with Crippen molar-refractivity contribution < 1.29 is 8.42 Å². The minimum absolute atomic E-state index is 0.136. The van der Waals surface area contributed by atoms with Crippen LogP contribution in [0.4, 0.5) is 0 Å². The van der Waals surface area contributed by atoms with Crippen molar-refractivity contribution in [2.24, 2.45) is 11.1 Å². The second kappa shape index (κ2) is 5.45. The molecule has 0 amide bonds. The Kier molecular flexibility index (Phi) is 4.81. The lowest BCUT2D eigenvalue weighted by molar-refractivity contribution is 0.181. The van der Waals surface area contributed by atoms with Crippen LogP contribution >= 0.6 is 0 Å². The third-order valence-electron chi connectivity index (χ3n) is 3.33. The standard InChI is InChI=1S/C12H27N3O2S/c1-11(2,3)10-18(16,17)14-12(9-13)5-7-15(4)8-6-12/h14H,5-10,13H2,1-4H3. The third kappa shape index (κ3) is 4.84. The van der Waals surface area contributed by atoms with Crippen molar-refractivity contribution in [3.8, 4) is 0 Å². The molecule has 1 heterocycles. The summed E-state index contributed by atoms with van der Waals surface area (Å²) in [7, 11) is -1.23. The molecule has 1 fully saturated rings. The maximum atomic E-state index is 12.2. The van der Waals surface area contributed by atoms with E-state index in [1.165, 1.54) is 0 Å². The van der Waals surface area contributed by atoms with Crippen LogP contribution in [0.3, 0.4) is 0 Å². The van der Waals surface area contributed by atoms with Crippen LogP contribution in [0.25, 0.3) is 0 Å². The van der Waals surface area contributed by atoms with Crippen LogP contribution in [-0.2, 0) is 10.0 Å². The lowest BCUT2D eigenvalue weighted by Gasteiger charge is -2.40. The van der Waals surface area contributed by atoms with E-state index in [1.807, 2.05) is 27.8 Å². The fraction of sp³-hybridized carbons (Fsp3) is 1.00. The molecule has 1 aliphatic rings. The molecule has 0 atom stereocenters. The average Bonchev–Trinajstić information content (AvgIpc) is 2.18. The highest BCUT2D eigenvalue weighted by Gasteiger charge is 2.37. The summed E-state index contributed by atoms with van der Waals surface area (Å²) in [5.74, 6) is 0.136. The minimum atomic E-state index is -3.28. The third-order valence-corrected chi connectivity index (χ3v) is 5.32. The molecule has 0 aromatic heterocycles. The van der Waals surface area contributed by atoms with Gasteiger partial charge in [0.05, 0.1) is 5.75 Å². The molecule has 1 rings (SSSR count). The topological polar surface area (TPSA) is 75.4 Å². The van der Waals surface area contributed by atoms with E-state index in [-0.39, 0.29) is 11.2 Å². The highest BCUT2D eigenvalue weighted by Crippen LogP contribution is 2.23. The molecule has 5 nitrogen and oxygen atoms in total. The Balaban J connectivity index is 2.74. The van der Waals surface area contributed by atoms with Gasteiger partial charge in [0.25, 0.3) is 0 Å². The molecule has 0 aromatic rings. The molecule has 6 heteroatoms. The van der Waals surface area contributed by atoms with Crippen LogP contribution in [0.5, 0.6) is 0 Å². The van der Waals surface area contributed by atoms with Gasteiger partial charge in [0, 0.05) is 12.1 Å². The molecule has 0 spiro atoms. The molecule has 0 aliphatic carbocycles. The minimum Gasteiger partial charge on any atom is -0.329 e. The van der Waals surface area contributed by atoms with Crippen molar-refractivity contribution in [2.45, 2.75) is 39.2 Å². The van der Waals surface area contributed by atoms with Crippen LogP contribution in [0, 0.1) is 5.41 Å². The normalized spacial score (nSPS) is 22.1. The zero-order valence-corrected chi connectivity index (χ0v) is 12.8. The summed E-state index contributed by atoms with van der Waals surface area (Å²) in [5, 5.41) is 0. The summed E-state index contributed by atoms with van der Waals surface area (Å²) in [4.78, 5) is 2.20. The second-order valence-corrected chi connectivity index (χ2v) is 8.43. The molecular formula is C12H27N3O2S. The van der Waals surface area contributed by atoms with Crippen molar-refractivity contribution in [3.05, 3.63) is 0 Å². The first-order valence-corrected chi connectivity index (χ1v) is 8.13. The van der Waals surface area contributed by atoms with Gasteiger partial charge in [-0.3, -0.25) is 0 Å². The lowest BCUT2D eigenvalue weighted by atomic mass is 9.89. The van der Waals surface area contributed by atoms with Gasteiger partial charge in [-0.2, -0.15) is 0 Å². The average molecular weight is 277 g/mol. The second-order valence-electron chi connectivity index (χ2n) is 6.71. The highest BCUT2D eigenvalue weighted by atomic mass is 32.2. The van der Waals surface area contributed by atoms with Crippen LogP contribution in [0.1, 0.15) is 33.6 Å². The molecule has 0 aromatic carbocycles. The Morgan fingerprint density at radius 2 is 1.78 bits per heavy atom. The van der Waals surface area contributed by atoms with Gasteiger partial charge in [-0.05, 0) is 38.4 Å². The number of rotatable bonds is 4. The molecule has 1 aliphatic heterocycles. The smallest absolute Gasteiger partial charge is 0.212 e. The molecule has 0 radical (unpaired) electrons. The summed E-state index contributed by atoms with van der Waals surface area (Å²) >= 11 is 0. The Labute approximate surface area is 111 Å². The fourth-order valence-corrected chi connectivity index (χ4v) is 4.49. The van der Waals surface area contributed by atoms with Gasteiger partial charge >= 0.3 is 0 Å². The van der Waals surface area contributed by atoms with E-state index >= 15 is 0 Å². The quantitative estimate of drug-likeness (QED) is 0.779. The van der Waals surface area contributed by atoms with Crippen molar-refractivity contribution in [1.82, 2.24) is 9.62 Å². The van der Waals surface area contributed by atoms with Gasteiger partial charge in [0.2, 0.25) is 10.0 Å². The molecule has 0 unspecified atom stereocenters. The molecular weight excluding hydrogens is 250 g/mol. The summed E-state index contributed by atoms with van der Waals surface area (Å²) in [5.41, 5.74) is 5.12. The van der Waals surface area contributed by atoms with E-state index in [4.69, 9.17) is 5.73 Å². The molecule has 0 saturated carbocycles. The van der Waals surface area contributed by atoms with Gasteiger partial charge in [-0.15, -0.1) is 0 Å². The number of likely N-dealkylation sites (tertiary alicyclic amines) is 1. The Hall–Kier alpha value is -0.170. The van der Waals surface area contributed by atoms with Crippen molar-refractivity contribution in [2.75, 3.05) is 32.4 Å². The van der Waals surface area contributed by atoms with Gasteiger partial charge in [-0.25, -0.2) is 13.1 Å². The van der Waals surface area contributed by atoms with E-state index in [2.05, 4.69) is 9.62 Å². The zero-order chi connectivity index (χ0) is 14.0. The Morgan fingerprint density at radius 3 is 2.17 bits per heavy atom. The summed E-state index contributed by atoms with van der Waals surface area (Å²) < 4.78 is 27.2.